The fourth-order valence-electron chi connectivity index (χ4n) is 3.21. The van der Waals surface area contributed by atoms with Gasteiger partial charge in [-0.2, -0.15) is 0 Å². The molecule has 2 rings (SSSR count). The van der Waals surface area contributed by atoms with Crippen LogP contribution < -0.4 is 5.73 Å². The van der Waals surface area contributed by atoms with E-state index in [4.69, 9.17) is 5.73 Å². The molecule has 0 bridgehead atoms. The number of rotatable bonds is 4. The van der Waals surface area contributed by atoms with Gasteiger partial charge in [-0.15, -0.1) is 0 Å². The van der Waals surface area contributed by atoms with Crippen LogP contribution in [0.4, 0.5) is 0 Å². The van der Waals surface area contributed by atoms with Crippen molar-refractivity contribution < 1.29 is 5.11 Å². The predicted molar refractivity (Wildman–Crippen MR) is 83.1 cm³/mol. The minimum atomic E-state index is -0.318. The van der Waals surface area contributed by atoms with E-state index in [1.165, 1.54) is 25.7 Å². The first-order chi connectivity index (χ1) is 9.24. The largest absolute Gasteiger partial charge is 0.392 e. The van der Waals surface area contributed by atoms with Gasteiger partial charge in [0.2, 0.25) is 0 Å². The van der Waals surface area contributed by atoms with Crippen molar-refractivity contribution in [1.29, 1.82) is 0 Å². The van der Waals surface area contributed by atoms with Crippen LogP contribution in [0.1, 0.15) is 50.0 Å². The zero-order chi connectivity index (χ0) is 13.7. The average molecular weight is 326 g/mol. The molecule has 3 N–H and O–H groups in total. The Hall–Kier alpha value is -0.380. The van der Waals surface area contributed by atoms with Gasteiger partial charge in [-0.25, -0.2) is 0 Å². The third kappa shape index (κ3) is 3.80. The number of benzene rings is 1. The van der Waals surface area contributed by atoms with E-state index < -0.39 is 0 Å². The quantitative estimate of drug-likeness (QED) is 0.826. The SMILES string of the molecule is NCC(c1ccccc1Br)C(O)C1CCCCCC1. The Morgan fingerprint density at radius 2 is 1.79 bits per heavy atom. The standard InChI is InChI=1S/C16H24BrNO/c17-15-10-6-5-9-13(15)14(11-18)16(19)12-7-3-1-2-4-8-12/h5-6,9-10,12,14,16,19H,1-4,7-8,11,18H2. The van der Waals surface area contributed by atoms with E-state index in [2.05, 4.69) is 22.0 Å². The molecule has 0 amide bonds. The molecule has 0 saturated heterocycles. The average Bonchev–Trinajstić information content (AvgIpc) is 2.70. The van der Waals surface area contributed by atoms with E-state index in [1.807, 2.05) is 18.2 Å². The van der Waals surface area contributed by atoms with Crippen molar-refractivity contribution >= 4 is 15.9 Å². The molecule has 1 fully saturated rings. The van der Waals surface area contributed by atoms with Crippen LogP contribution in [0.2, 0.25) is 0 Å². The number of hydrogen-bond acceptors (Lipinski definition) is 2. The van der Waals surface area contributed by atoms with Crippen LogP contribution >= 0.6 is 15.9 Å². The molecule has 2 atom stereocenters. The first-order valence-corrected chi connectivity index (χ1v) is 8.16. The number of nitrogens with two attached hydrogens (primary N) is 1. The Balaban J connectivity index is 2.14. The minimum absolute atomic E-state index is 0.0404. The molecular formula is C16H24BrNO. The van der Waals surface area contributed by atoms with E-state index in [-0.39, 0.29) is 12.0 Å². The van der Waals surface area contributed by atoms with Gasteiger partial charge in [0.25, 0.3) is 0 Å². The van der Waals surface area contributed by atoms with Crippen LogP contribution in [0, 0.1) is 5.92 Å². The number of hydrogen-bond donors (Lipinski definition) is 2. The maximum absolute atomic E-state index is 10.7. The molecule has 2 unspecified atom stereocenters. The molecule has 0 heterocycles. The molecule has 106 valence electrons. The molecule has 2 nitrogen and oxygen atoms in total. The third-order valence-electron chi connectivity index (χ3n) is 4.35. The maximum Gasteiger partial charge on any atom is 0.0649 e. The molecule has 0 aliphatic heterocycles. The van der Waals surface area contributed by atoms with Gasteiger partial charge >= 0.3 is 0 Å². The molecule has 1 aromatic carbocycles. The molecule has 0 aromatic heterocycles. The van der Waals surface area contributed by atoms with E-state index in [1.54, 1.807) is 0 Å². The third-order valence-corrected chi connectivity index (χ3v) is 5.08. The second-order valence-electron chi connectivity index (χ2n) is 5.61. The summed E-state index contributed by atoms with van der Waals surface area (Å²) in [6.07, 6.45) is 7.08. The molecule has 1 aromatic rings. The van der Waals surface area contributed by atoms with E-state index in [9.17, 15) is 5.11 Å². The summed E-state index contributed by atoms with van der Waals surface area (Å²) in [6.45, 7) is 0.500. The van der Waals surface area contributed by atoms with Crippen LogP contribution in [0.15, 0.2) is 28.7 Å². The van der Waals surface area contributed by atoms with Crippen molar-refractivity contribution in [3.05, 3.63) is 34.3 Å². The van der Waals surface area contributed by atoms with Gasteiger partial charge in [0, 0.05) is 16.9 Å². The zero-order valence-corrected chi connectivity index (χ0v) is 13.0. The van der Waals surface area contributed by atoms with E-state index >= 15 is 0 Å². The highest BCUT2D eigenvalue weighted by molar-refractivity contribution is 9.10. The van der Waals surface area contributed by atoms with Crippen LogP contribution in [-0.2, 0) is 0 Å². The van der Waals surface area contributed by atoms with Crippen molar-refractivity contribution in [2.45, 2.75) is 50.5 Å². The Morgan fingerprint density at radius 3 is 2.37 bits per heavy atom. The highest BCUT2D eigenvalue weighted by Crippen LogP contribution is 2.34. The Kier molecular flexibility index (Phi) is 5.86. The van der Waals surface area contributed by atoms with Gasteiger partial charge in [0.1, 0.15) is 0 Å². The van der Waals surface area contributed by atoms with Gasteiger partial charge in [0.05, 0.1) is 6.10 Å². The smallest absolute Gasteiger partial charge is 0.0649 e. The van der Waals surface area contributed by atoms with Crippen LogP contribution in [0.25, 0.3) is 0 Å². The van der Waals surface area contributed by atoms with Gasteiger partial charge < -0.3 is 10.8 Å². The molecular weight excluding hydrogens is 302 g/mol. The second kappa shape index (κ2) is 7.41. The van der Waals surface area contributed by atoms with Crippen LogP contribution in [0.3, 0.4) is 0 Å². The summed E-state index contributed by atoms with van der Waals surface area (Å²) >= 11 is 3.58. The molecule has 3 heteroatoms. The number of aliphatic hydroxyl groups is 1. The monoisotopic (exact) mass is 325 g/mol. The second-order valence-corrected chi connectivity index (χ2v) is 6.46. The maximum atomic E-state index is 10.7. The Labute approximate surface area is 124 Å². The summed E-state index contributed by atoms with van der Waals surface area (Å²) < 4.78 is 1.05. The summed E-state index contributed by atoms with van der Waals surface area (Å²) in [5.74, 6) is 0.446. The lowest BCUT2D eigenvalue weighted by atomic mass is 9.82. The van der Waals surface area contributed by atoms with Crippen molar-refractivity contribution in [2.24, 2.45) is 11.7 Å². The Bertz CT molecular complexity index is 388. The highest BCUT2D eigenvalue weighted by atomic mass is 79.9. The first kappa shape index (κ1) is 15.0. The fourth-order valence-corrected chi connectivity index (χ4v) is 3.79. The van der Waals surface area contributed by atoms with Gasteiger partial charge in [-0.1, -0.05) is 59.8 Å². The lowest BCUT2D eigenvalue weighted by Gasteiger charge is -2.29. The van der Waals surface area contributed by atoms with Crippen LogP contribution in [-0.4, -0.2) is 17.8 Å². The topological polar surface area (TPSA) is 46.2 Å². The van der Waals surface area contributed by atoms with E-state index in [0.29, 0.717) is 12.5 Å². The zero-order valence-electron chi connectivity index (χ0n) is 11.4. The molecule has 1 saturated carbocycles. The van der Waals surface area contributed by atoms with Crippen LogP contribution in [0.5, 0.6) is 0 Å². The van der Waals surface area contributed by atoms with Crippen molar-refractivity contribution in [3.8, 4) is 0 Å². The lowest BCUT2D eigenvalue weighted by Crippen LogP contribution is -2.32. The molecule has 19 heavy (non-hydrogen) atoms. The lowest BCUT2D eigenvalue weighted by molar-refractivity contribution is 0.0740. The number of halogens is 1. The van der Waals surface area contributed by atoms with E-state index in [0.717, 1.165) is 22.9 Å². The van der Waals surface area contributed by atoms with Gasteiger partial charge in [0.15, 0.2) is 0 Å². The number of aliphatic hydroxyl groups excluding tert-OH is 1. The summed E-state index contributed by atoms with van der Waals surface area (Å²) in [7, 11) is 0. The van der Waals surface area contributed by atoms with Gasteiger partial charge in [-0.3, -0.25) is 0 Å². The Morgan fingerprint density at radius 1 is 1.16 bits per heavy atom. The molecule has 0 radical (unpaired) electrons. The van der Waals surface area contributed by atoms with Crippen molar-refractivity contribution in [3.63, 3.8) is 0 Å². The molecule has 0 spiro atoms. The summed E-state index contributed by atoms with van der Waals surface area (Å²) in [4.78, 5) is 0. The first-order valence-electron chi connectivity index (χ1n) is 7.36. The summed E-state index contributed by atoms with van der Waals surface area (Å²) in [6, 6.07) is 8.11. The molecule has 1 aliphatic rings. The fraction of sp³-hybridized carbons (Fsp3) is 0.625. The normalized spacial score (nSPS) is 20.8. The molecule has 1 aliphatic carbocycles. The highest BCUT2D eigenvalue weighted by Gasteiger charge is 2.29. The minimum Gasteiger partial charge on any atom is -0.392 e. The summed E-state index contributed by atoms with van der Waals surface area (Å²) in [5, 5.41) is 10.7. The van der Waals surface area contributed by atoms with Gasteiger partial charge in [-0.05, 0) is 30.4 Å². The van der Waals surface area contributed by atoms with Crippen molar-refractivity contribution in [2.75, 3.05) is 6.54 Å². The predicted octanol–water partition coefficient (Wildman–Crippen LogP) is 3.82. The van der Waals surface area contributed by atoms with Crippen molar-refractivity contribution in [1.82, 2.24) is 0 Å². The summed E-state index contributed by atoms with van der Waals surface area (Å²) in [5.41, 5.74) is 7.08.